The first kappa shape index (κ1) is 16.0. The van der Waals surface area contributed by atoms with Gasteiger partial charge < -0.3 is 5.32 Å². The van der Waals surface area contributed by atoms with Gasteiger partial charge in [-0.25, -0.2) is 0 Å². The molecule has 0 saturated heterocycles. The number of hydrogen-bond acceptors (Lipinski definition) is 1. The normalized spacial score (nSPS) is 24.6. The van der Waals surface area contributed by atoms with Gasteiger partial charge in [-0.3, -0.25) is 0 Å². The Balaban J connectivity index is 2.31. The zero-order chi connectivity index (χ0) is 14.5. The summed E-state index contributed by atoms with van der Waals surface area (Å²) in [6.45, 7) is 7.88. The Hall–Kier alpha value is -0.340. The van der Waals surface area contributed by atoms with Crippen LogP contribution in [0, 0.1) is 18.8 Å². The summed E-state index contributed by atoms with van der Waals surface area (Å²) in [5.74, 6) is 1.67. The molecule has 1 aromatic rings. The molecule has 0 bridgehead atoms. The lowest BCUT2D eigenvalue weighted by molar-refractivity contribution is 0.176. The Kier molecular flexibility index (Phi) is 6.10. The van der Waals surface area contributed by atoms with E-state index in [-0.39, 0.29) is 0 Å². The van der Waals surface area contributed by atoms with E-state index in [0.29, 0.717) is 6.04 Å². The molecule has 1 N–H and O–H groups in total. The van der Waals surface area contributed by atoms with E-state index in [4.69, 9.17) is 0 Å². The average Bonchev–Trinajstić information content (AvgIpc) is 2.47. The minimum absolute atomic E-state index is 0.516. The molecule has 0 radical (unpaired) electrons. The highest BCUT2D eigenvalue weighted by molar-refractivity contribution is 9.10. The molecule has 1 saturated carbocycles. The molecule has 20 heavy (non-hydrogen) atoms. The molecule has 3 atom stereocenters. The Morgan fingerprint density at radius 1 is 1.25 bits per heavy atom. The van der Waals surface area contributed by atoms with Crippen molar-refractivity contribution in [2.45, 2.75) is 58.9 Å². The van der Waals surface area contributed by atoms with Crippen LogP contribution in [0.4, 0.5) is 0 Å². The zero-order valence-corrected chi connectivity index (χ0v) is 14.7. The van der Waals surface area contributed by atoms with Crippen molar-refractivity contribution in [3.8, 4) is 0 Å². The van der Waals surface area contributed by atoms with Gasteiger partial charge in [0.1, 0.15) is 0 Å². The largest absolute Gasteiger partial charge is 0.310 e. The monoisotopic (exact) mass is 337 g/mol. The molecule has 0 amide bonds. The average molecular weight is 338 g/mol. The number of aryl methyl sites for hydroxylation is 1. The van der Waals surface area contributed by atoms with E-state index in [2.05, 4.69) is 60.2 Å². The maximum atomic E-state index is 3.78. The van der Waals surface area contributed by atoms with E-state index in [1.54, 1.807) is 0 Å². The first-order valence-corrected chi connectivity index (χ1v) is 8.96. The van der Waals surface area contributed by atoms with Gasteiger partial charge in [0.15, 0.2) is 0 Å². The highest BCUT2D eigenvalue weighted by atomic mass is 79.9. The van der Waals surface area contributed by atoms with E-state index in [9.17, 15) is 0 Å². The van der Waals surface area contributed by atoms with E-state index in [1.165, 1.54) is 47.7 Å². The van der Waals surface area contributed by atoms with Gasteiger partial charge in [-0.2, -0.15) is 0 Å². The summed E-state index contributed by atoms with van der Waals surface area (Å²) >= 11 is 3.64. The summed E-state index contributed by atoms with van der Waals surface area (Å²) in [5, 5.41) is 3.78. The first-order chi connectivity index (χ1) is 9.67. The van der Waals surface area contributed by atoms with E-state index < -0.39 is 0 Å². The Morgan fingerprint density at radius 2 is 2.00 bits per heavy atom. The second-order valence-electron chi connectivity index (χ2n) is 6.15. The van der Waals surface area contributed by atoms with Crippen molar-refractivity contribution in [1.82, 2.24) is 5.32 Å². The van der Waals surface area contributed by atoms with Crippen LogP contribution >= 0.6 is 15.9 Å². The van der Waals surface area contributed by atoms with E-state index in [0.717, 1.165) is 18.4 Å². The van der Waals surface area contributed by atoms with Gasteiger partial charge in [-0.15, -0.1) is 0 Å². The molecule has 2 rings (SSSR count). The molecular weight excluding hydrogens is 310 g/mol. The van der Waals surface area contributed by atoms with Gasteiger partial charge in [0, 0.05) is 10.5 Å². The lowest BCUT2D eigenvalue weighted by Gasteiger charge is -2.38. The standard InChI is InChI=1S/C18H28BrN/c1-4-14-8-6-7-9-16(14)18(20-5-2)17-12-15(19)11-10-13(17)3/h10-12,14,16,18,20H,4-9H2,1-3H3. The van der Waals surface area contributed by atoms with Crippen molar-refractivity contribution < 1.29 is 0 Å². The lowest BCUT2D eigenvalue weighted by atomic mass is 9.72. The molecule has 0 aromatic heterocycles. The van der Waals surface area contributed by atoms with Gasteiger partial charge in [-0.05, 0) is 55.0 Å². The number of nitrogens with one attached hydrogen (secondary N) is 1. The zero-order valence-electron chi connectivity index (χ0n) is 13.1. The van der Waals surface area contributed by atoms with Crippen molar-refractivity contribution >= 4 is 15.9 Å². The summed E-state index contributed by atoms with van der Waals surface area (Å²) in [4.78, 5) is 0. The van der Waals surface area contributed by atoms with Crippen LogP contribution in [0.2, 0.25) is 0 Å². The molecule has 1 aliphatic carbocycles. The third-order valence-corrected chi connectivity index (χ3v) is 5.41. The van der Waals surface area contributed by atoms with Crippen molar-refractivity contribution in [2.24, 2.45) is 11.8 Å². The van der Waals surface area contributed by atoms with E-state index in [1.807, 2.05) is 0 Å². The maximum Gasteiger partial charge on any atom is 0.0354 e. The summed E-state index contributed by atoms with van der Waals surface area (Å²) < 4.78 is 1.20. The second-order valence-corrected chi connectivity index (χ2v) is 7.07. The summed E-state index contributed by atoms with van der Waals surface area (Å²) in [5.41, 5.74) is 2.91. The van der Waals surface area contributed by atoms with Crippen LogP contribution in [0.3, 0.4) is 0 Å². The van der Waals surface area contributed by atoms with Crippen LogP contribution in [-0.2, 0) is 0 Å². The molecule has 1 fully saturated rings. The molecule has 112 valence electrons. The smallest absolute Gasteiger partial charge is 0.0354 e. The predicted molar refractivity (Wildman–Crippen MR) is 91.0 cm³/mol. The van der Waals surface area contributed by atoms with Crippen LogP contribution in [0.25, 0.3) is 0 Å². The van der Waals surface area contributed by atoms with Gasteiger partial charge in [0.25, 0.3) is 0 Å². The minimum Gasteiger partial charge on any atom is -0.310 e. The fourth-order valence-electron chi connectivity index (χ4n) is 3.84. The van der Waals surface area contributed by atoms with Crippen molar-refractivity contribution in [3.63, 3.8) is 0 Å². The van der Waals surface area contributed by atoms with Crippen LogP contribution in [-0.4, -0.2) is 6.54 Å². The Morgan fingerprint density at radius 3 is 2.70 bits per heavy atom. The number of benzene rings is 1. The first-order valence-electron chi connectivity index (χ1n) is 8.16. The quantitative estimate of drug-likeness (QED) is 0.734. The van der Waals surface area contributed by atoms with Crippen LogP contribution in [0.1, 0.15) is 63.1 Å². The molecule has 1 nitrogen and oxygen atoms in total. The fraction of sp³-hybridized carbons (Fsp3) is 0.667. The highest BCUT2D eigenvalue weighted by Gasteiger charge is 2.31. The van der Waals surface area contributed by atoms with Crippen LogP contribution in [0.15, 0.2) is 22.7 Å². The second kappa shape index (κ2) is 7.61. The third-order valence-electron chi connectivity index (χ3n) is 4.92. The van der Waals surface area contributed by atoms with Crippen molar-refractivity contribution in [1.29, 1.82) is 0 Å². The molecule has 1 aromatic carbocycles. The van der Waals surface area contributed by atoms with E-state index >= 15 is 0 Å². The Bertz CT molecular complexity index is 429. The van der Waals surface area contributed by atoms with Gasteiger partial charge in [-0.1, -0.05) is 61.5 Å². The van der Waals surface area contributed by atoms with Gasteiger partial charge in [0.2, 0.25) is 0 Å². The molecular formula is C18H28BrN. The highest BCUT2D eigenvalue weighted by Crippen LogP contribution is 2.41. The summed E-state index contributed by atoms with van der Waals surface area (Å²) in [6, 6.07) is 7.24. The molecule has 0 spiro atoms. The number of halogens is 1. The predicted octanol–water partition coefficient (Wildman–Crippen LogP) is 5.62. The molecule has 1 aliphatic rings. The third kappa shape index (κ3) is 3.65. The number of hydrogen-bond donors (Lipinski definition) is 1. The van der Waals surface area contributed by atoms with Crippen molar-refractivity contribution in [2.75, 3.05) is 6.54 Å². The van der Waals surface area contributed by atoms with Gasteiger partial charge >= 0.3 is 0 Å². The van der Waals surface area contributed by atoms with Crippen LogP contribution < -0.4 is 5.32 Å². The SMILES string of the molecule is CCNC(c1cc(Br)ccc1C)C1CCCCC1CC. The maximum absolute atomic E-state index is 3.78. The topological polar surface area (TPSA) is 12.0 Å². The van der Waals surface area contributed by atoms with Gasteiger partial charge in [0.05, 0.1) is 0 Å². The molecule has 3 unspecified atom stereocenters. The fourth-order valence-corrected chi connectivity index (χ4v) is 4.22. The number of rotatable bonds is 5. The lowest BCUT2D eigenvalue weighted by Crippen LogP contribution is -2.34. The van der Waals surface area contributed by atoms with Crippen LogP contribution in [0.5, 0.6) is 0 Å². The summed E-state index contributed by atoms with van der Waals surface area (Å²) in [6.07, 6.45) is 6.93. The Labute approximate surface area is 132 Å². The minimum atomic E-state index is 0.516. The molecule has 0 aliphatic heterocycles. The molecule has 2 heteroatoms. The summed E-state index contributed by atoms with van der Waals surface area (Å²) in [7, 11) is 0. The van der Waals surface area contributed by atoms with Crippen molar-refractivity contribution in [3.05, 3.63) is 33.8 Å². The molecule has 0 heterocycles.